The van der Waals surface area contributed by atoms with Crippen molar-refractivity contribution in [3.8, 4) is 0 Å². The van der Waals surface area contributed by atoms with Gasteiger partial charge in [-0.3, -0.25) is 9.69 Å². The average Bonchev–Trinajstić information content (AvgIpc) is 2.64. The predicted octanol–water partition coefficient (Wildman–Crippen LogP) is 2.10. The molecule has 0 bridgehead atoms. The summed E-state index contributed by atoms with van der Waals surface area (Å²) in [6.45, 7) is 10.2. The van der Waals surface area contributed by atoms with Crippen molar-refractivity contribution in [2.75, 3.05) is 57.3 Å². The molecule has 25 heavy (non-hydrogen) atoms. The van der Waals surface area contributed by atoms with Crippen LogP contribution in [0.15, 0.2) is 30.9 Å². The fourth-order valence-corrected chi connectivity index (χ4v) is 3.70. The van der Waals surface area contributed by atoms with Crippen LogP contribution in [0.25, 0.3) is 0 Å². The van der Waals surface area contributed by atoms with Crippen molar-refractivity contribution in [3.05, 3.63) is 40.9 Å². The minimum absolute atomic E-state index is 0.120. The lowest BCUT2D eigenvalue weighted by molar-refractivity contribution is -0.134. The summed E-state index contributed by atoms with van der Waals surface area (Å²) in [4.78, 5) is 19.3. The van der Waals surface area contributed by atoms with Gasteiger partial charge in [-0.2, -0.15) is 0 Å². The second kappa shape index (κ2) is 8.41. The van der Waals surface area contributed by atoms with Crippen molar-refractivity contribution < 1.29 is 4.79 Å². The van der Waals surface area contributed by atoms with Crippen LogP contribution in [0.4, 0.5) is 5.69 Å². The first-order valence-corrected chi connectivity index (χ1v) is 9.39. The number of hydrogen-bond donors (Lipinski definition) is 1. The van der Waals surface area contributed by atoms with Crippen LogP contribution in [0.5, 0.6) is 0 Å². The van der Waals surface area contributed by atoms with Crippen LogP contribution >= 0.6 is 23.2 Å². The molecule has 0 unspecified atom stereocenters. The van der Waals surface area contributed by atoms with Gasteiger partial charge in [0.05, 0.1) is 16.1 Å². The number of halogens is 2. The summed E-state index contributed by atoms with van der Waals surface area (Å²) in [6.07, 6.45) is 1.89. The Morgan fingerprint density at radius 1 is 1.20 bits per heavy atom. The van der Waals surface area contributed by atoms with E-state index < -0.39 is 0 Å². The zero-order valence-corrected chi connectivity index (χ0v) is 15.8. The summed E-state index contributed by atoms with van der Waals surface area (Å²) in [5.41, 5.74) is 1.05. The smallest absolute Gasteiger partial charge is 0.241 e. The van der Waals surface area contributed by atoms with Gasteiger partial charge in [-0.05, 0) is 18.2 Å². The van der Waals surface area contributed by atoms with Gasteiger partial charge < -0.3 is 15.1 Å². The molecular weight excluding hydrogens is 359 g/mol. The van der Waals surface area contributed by atoms with Crippen molar-refractivity contribution in [1.82, 2.24) is 15.1 Å². The Bertz CT molecular complexity index is 632. The minimum Gasteiger partial charge on any atom is -0.368 e. The fourth-order valence-electron chi connectivity index (χ4n) is 3.41. The summed E-state index contributed by atoms with van der Waals surface area (Å²) >= 11 is 12.1. The second-order valence-electron chi connectivity index (χ2n) is 6.47. The molecule has 1 aromatic carbocycles. The van der Waals surface area contributed by atoms with Crippen LogP contribution in [0.3, 0.4) is 0 Å². The van der Waals surface area contributed by atoms with Crippen LogP contribution < -0.4 is 10.2 Å². The number of nitrogens with zero attached hydrogens (tertiary/aromatic N) is 3. The van der Waals surface area contributed by atoms with Crippen molar-refractivity contribution >= 4 is 34.8 Å². The van der Waals surface area contributed by atoms with Gasteiger partial charge in [0.1, 0.15) is 0 Å². The first-order chi connectivity index (χ1) is 12.1. The van der Waals surface area contributed by atoms with E-state index in [1.54, 1.807) is 0 Å². The SMILES string of the molecule is C=CCN1CCN[C@@H](C(=O)N2CCN(c3ccc(Cl)c(Cl)c3)CC2)C1. The Morgan fingerprint density at radius 3 is 2.64 bits per heavy atom. The fraction of sp³-hybridized carbons (Fsp3) is 0.500. The Balaban J connectivity index is 1.55. The molecule has 0 saturated carbocycles. The van der Waals surface area contributed by atoms with Crippen molar-refractivity contribution in [2.24, 2.45) is 0 Å². The van der Waals surface area contributed by atoms with Crippen LogP contribution in [0.2, 0.25) is 10.0 Å². The third-order valence-corrected chi connectivity index (χ3v) is 5.54. The molecule has 2 heterocycles. The first-order valence-electron chi connectivity index (χ1n) is 8.64. The summed E-state index contributed by atoms with van der Waals surface area (Å²) in [6, 6.07) is 5.56. The number of carbonyl (C=O) groups is 1. The third-order valence-electron chi connectivity index (χ3n) is 4.80. The molecule has 1 amide bonds. The number of nitrogens with one attached hydrogen (secondary N) is 1. The summed E-state index contributed by atoms with van der Waals surface area (Å²) in [5, 5.41) is 4.47. The quantitative estimate of drug-likeness (QED) is 0.809. The number of carbonyl (C=O) groups excluding carboxylic acids is 1. The van der Waals surface area contributed by atoms with Crippen LogP contribution in [0.1, 0.15) is 0 Å². The predicted molar refractivity (Wildman–Crippen MR) is 104 cm³/mol. The Kier molecular flexibility index (Phi) is 6.23. The zero-order valence-electron chi connectivity index (χ0n) is 14.3. The summed E-state index contributed by atoms with van der Waals surface area (Å²) in [7, 11) is 0. The number of hydrogen-bond acceptors (Lipinski definition) is 4. The Labute approximate surface area is 159 Å². The van der Waals surface area contributed by atoms with E-state index in [4.69, 9.17) is 23.2 Å². The average molecular weight is 383 g/mol. The molecule has 0 spiro atoms. The zero-order chi connectivity index (χ0) is 17.8. The largest absolute Gasteiger partial charge is 0.368 e. The monoisotopic (exact) mass is 382 g/mol. The molecule has 2 saturated heterocycles. The maximum atomic E-state index is 12.8. The van der Waals surface area contributed by atoms with Crippen LogP contribution in [-0.4, -0.2) is 74.1 Å². The van der Waals surface area contributed by atoms with Gasteiger partial charge in [0, 0.05) is 58.0 Å². The molecule has 1 atom stereocenters. The molecule has 3 rings (SSSR count). The Hall–Kier alpha value is -1.27. The molecule has 2 aliphatic heterocycles. The van der Waals surface area contributed by atoms with E-state index in [1.807, 2.05) is 29.2 Å². The van der Waals surface area contributed by atoms with E-state index in [2.05, 4.69) is 21.7 Å². The number of piperazine rings is 2. The maximum absolute atomic E-state index is 12.8. The molecule has 1 aromatic rings. The van der Waals surface area contributed by atoms with Gasteiger partial charge in [0.25, 0.3) is 0 Å². The number of amides is 1. The Morgan fingerprint density at radius 2 is 1.96 bits per heavy atom. The van der Waals surface area contributed by atoms with Gasteiger partial charge in [0.2, 0.25) is 5.91 Å². The molecule has 0 aliphatic carbocycles. The number of benzene rings is 1. The molecule has 2 fully saturated rings. The molecule has 0 radical (unpaired) electrons. The van der Waals surface area contributed by atoms with Gasteiger partial charge >= 0.3 is 0 Å². The van der Waals surface area contributed by atoms with E-state index in [0.29, 0.717) is 10.0 Å². The molecule has 1 N–H and O–H groups in total. The second-order valence-corrected chi connectivity index (χ2v) is 7.28. The molecule has 5 nitrogen and oxygen atoms in total. The van der Waals surface area contributed by atoms with Crippen LogP contribution in [-0.2, 0) is 4.79 Å². The normalized spacial score (nSPS) is 22.1. The lowest BCUT2D eigenvalue weighted by atomic mass is 10.1. The van der Waals surface area contributed by atoms with Gasteiger partial charge in [-0.15, -0.1) is 6.58 Å². The highest BCUT2D eigenvalue weighted by molar-refractivity contribution is 6.42. The highest BCUT2D eigenvalue weighted by atomic mass is 35.5. The molecule has 136 valence electrons. The standard InChI is InChI=1S/C18H24Cl2N4O/c1-2-6-22-7-5-21-17(13-22)18(25)24-10-8-23(9-11-24)14-3-4-15(19)16(20)12-14/h2-4,12,17,21H,1,5-11,13H2/t17-/m1/s1. The van der Waals surface area contributed by atoms with E-state index in [9.17, 15) is 4.79 Å². The number of anilines is 1. The third kappa shape index (κ3) is 4.47. The topological polar surface area (TPSA) is 38.8 Å². The van der Waals surface area contributed by atoms with Gasteiger partial charge in [-0.25, -0.2) is 0 Å². The highest BCUT2D eigenvalue weighted by Crippen LogP contribution is 2.27. The van der Waals surface area contributed by atoms with E-state index in [-0.39, 0.29) is 11.9 Å². The first kappa shape index (κ1) is 18.5. The summed E-state index contributed by atoms with van der Waals surface area (Å²) in [5.74, 6) is 0.197. The minimum atomic E-state index is -0.120. The van der Waals surface area contributed by atoms with Crippen molar-refractivity contribution in [2.45, 2.75) is 6.04 Å². The molecular formula is C18H24Cl2N4O. The van der Waals surface area contributed by atoms with Crippen LogP contribution in [0, 0.1) is 0 Å². The molecule has 7 heteroatoms. The van der Waals surface area contributed by atoms with Gasteiger partial charge in [-0.1, -0.05) is 29.3 Å². The lowest BCUT2D eigenvalue weighted by Crippen LogP contribution is -2.60. The maximum Gasteiger partial charge on any atom is 0.241 e. The van der Waals surface area contributed by atoms with E-state index in [0.717, 1.165) is 58.0 Å². The molecule has 0 aromatic heterocycles. The van der Waals surface area contributed by atoms with Crippen molar-refractivity contribution in [1.29, 1.82) is 0 Å². The van der Waals surface area contributed by atoms with Gasteiger partial charge in [0.15, 0.2) is 0 Å². The van der Waals surface area contributed by atoms with E-state index in [1.165, 1.54) is 0 Å². The van der Waals surface area contributed by atoms with E-state index >= 15 is 0 Å². The van der Waals surface area contributed by atoms with Crippen molar-refractivity contribution in [3.63, 3.8) is 0 Å². The lowest BCUT2D eigenvalue weighted by Gasteiger charge is -2.40. The molecule has 2 aliphatic rings. The highest BCUT2D eigenvalue weighted by Gasteiger charge is 2.30. The number of rotatable bonds is 4. The summed E-state index contributed by atoms with van der Waals surface area (Å²) < 4.78 is 0.